The SMILES string of the molecule is Cn1nc(Br)c2c(Oc3cccc(C=O)c3)ncnc21. The predicted molar refractivity (Wildman–Crippen MR) is 75.9 cm³/mol. The van der Waals surface area contributed by atoms with Crippen molar-refractivity contribution in [3.63, 3.8) is 0 Å². The molecular weight excluding hydrogens is 324 g/mol. The molecule has 0 aliphatic heterocycles. The Bertz CT molecular complexity index is 800. The third-order valence-corrected chi connectivity index (χ3v) is 3.31. The molecule has 6 nitrogen and oxygen atoms in total. The predicted octanol–water partition coefficient (Wildman–Crippen LogP) is 2.73. The molecule has 7 heteroatoms. The molecule has 0 spiro atoms. The van der Waals surface area contributed by atoms with Gasteiger partial charge in [0.2, 0.25) is 5.88 Å². The van der Waals surface area contributed by atoms with Crippen molar-refractivity contribution in [3.05, 3.63) is 40.8 Å². The molecule has 20 heavy (non-hydrogen) atoms. The molecule has 0 saturated carbocycles. The van der Waals surface area contributed by atoms with Crippen molar-refractivity contribution in [2.75, 3.05) is 0 Å². The van der Waals surface area contributed by atoms with Gasteiger partial charge in [-0.1, -0.05) is 12.1 Å². The van der Waals surface area contributed by atoms with Crippen LogP contribution in [-0.4, -0.2) is 26.0 Å². The molecule has 0 saturated heterocycles. The zero-order valence-corrected chi connectivity index (χ0v) is 12.0. The number of halogens is 1. The van der Waals surface area contributed by atoms with Gasteiger partial charge in [-0.05, 0) is 28.1 Å². The lowest BCUT2D eigenvalue weighted by atomic mass is 10.2. The van der Waals surface area contributed by atoms with Gasteiger partial charge in [-0.15, -0.1) is 0 Å². The van der Waals surface area contributed by atoms with Gasteiger partial charge in [-0.25, -0.2) is 14.6 Å². The Morgan fingerprint density at radius 1 is 1.35 bits per heavy atom. The third-order valence-electron chi connectivity index (χ3n) is 2.75. The average Bonchev–Trinajstić information content (AvgIpc) is 2.75. The van der Waals surface area contributed by atoms with Gasteiger partial charge >= 0.3 is 0 Å². The van der Waals surface area contributed by atoms with Crippen LogP contribution in [0.4, 0.5) is 0 Å². The Balaban J connectivity index is 2.08. The van der Waals surface area contributed by atoms with E-state index in [2.05, 4.69) is 31.0 Å². The Labute approximate surface area is 122 Å². The van der Waals surface area contributed by atoms with E-state index in [1.165, 1.54) is 6.33 Å². The van der Waals surface area contributed by atoms with Crippen LogP contribution in [0.15, 0.2) is 35.2 Å². The Morgan fingerprint density at radius 2 is 2.20 bits per heavy atom. The number of hydrogen-bond acceptors (Lipinski definition) is 5. The summed E-state index contributed by atoms with van der Waals surface area (Å²) >= 11 is 3.36. The first kappa shape index (κ1) is 12.7. The Hall–Kier alpha value is -2.28. The van der Waals surface area contributed by atoms with Gasteiger partial charge in [-0.2, -0.15) is 5.10 Å². The Kier molecular flexibility index (Phi) is 3.19. The first-order valence-corrected chi connectivity index (χ1v) is 6.54. The molecule has 0 unspecified atom stereocenters. The largest absolute Gasteiger partial charge is 0.438 e. The summed E-state index contributed by atoms with van der Waals surface area (Å²) in [6, 6.07) is 6.85. The van der Waals surface area contributed by atoms with E-state index in [-0.39, 0.29) is 0 Å². The number of rotatable bonds is 3. The molecule has 100 valence electrons. The smallest absolute Gasteiger partial charge is 0.234 e. The monoisotopic (exact) mass is 332 g/mol. The maximum absolute atomic E-state index is 10.8. The number of carbonyl (C=O) groups excluding carboxylic acids is 1. The highest BCUT2D eigenvalue weighted by molar-refractivity contribution is 9.10. The van der Waals surface area contributed by atoms with Gasteiger partial charge in [0.05, 0.1) is 0 Å². The molecule has 3 rings (SSSR count). The topological polar surface area (TPSA) is 69.9 Å². The molecule has 0 radical (unpaired) electrons. The van der Waals surface area contributed by atoms with Crippen LogP contribution < -0.4 is 4.74 Å². The number of aldehydes is 1. The summed E-state index contributed by atoms with van der Waals surface area (Å²) in [5.74, 6) is 0.920. The van der Waals surface area contributed by atoms with Gasteiger partial charge < -0.3 is 4.74 Å². The number of aryl methyl sites for hydroxylation is 1. The molecule has 0 fully saturated rings. The van der Waals surface area contributed by atoms with Gasteiger partial charge in [0.15, 0.2) is 5.65 Å². The molecule has 0 aliphatic carbocycles. The zero-order chi connectivity index (χ0) is 14.1. The van der Waals surface area contributed by atoms with Gasteiger partial charge in [0.1, 0.15) is 28.4 Å². The maximum atomic E-state index is 10.8. The molecular formula is C13H9BrN4O2. The van der Waals surface area contributed by atoms with Gasteiger partial charge in [0, 0.05) is 12.6 Å². The fourth-order valence-electron chi connectivity index (χ4n) is 1.86. The first-order chi connectivity index (χ1) is 9.69. The van der Waals surface area contributed by atoms with E-state index >= 15 is 0 Å². The summed E-state index contributed by atoms with van der Waals surface area (Å²) in [6.07, 6.45) is 2.18. The van der Waals surface area contributed by atoms with Crippen LogP contribution in [-0.2, 0) is 7.05 Å². The van der Waals surface area contributed by atoms with Crippen molar-refractivity contribution in [1.29, 1.82) is 0 Å². The fourth-order valence-corrected chi connectivity index (χ4v) is 2.44. The second-order valence-corrected chi connectivity index (χ2v) is 4.84. The highest BCUT2D eigenvalue weighted by Gasteiger charge is 2.15. The van der Waals surface area contributed by atoms with Gasteiger partial charge in [-0.3, -0.25) is 4.79 Å². The molecule has 0 bridgehead atoms. The summed E-state index contributed by atoms with van der Waals surface area (Å²) < 4.78 is 7.98. The van der Waals surface area contributed by atoms with Crippen LogP contribution in [0.25, 0.3) is 11.0 Å². The lowest BCUT2D eigenvalue weighted by Gasteiger charge is -2.05. The van der Waals surface area contributed by atoms with Gasteiger partial charge in [0.25, 0.3) is 0 Å². The normalized spacial score (nSPS) is 10.7. The van der Waals surface area contributed by atoms with Crippen molar-refractivity contribution in [3.8, 4) is 11.6 Å². The van der Waals surface area contributed by atoms with Crippen molar-refractivity contribution in [2.45, 2.75) is 0 Å². The second kappa shape index (κ2) is 5.01. The lowest BCUT2D eigenvalue weighted by Crippen LogP contribution is -1.94. The standard InChI is InChI=1S/C13H9BrN4O2/c1-18-12-10(11(14)17-18)13(16-7-15-12)20-9-4-2-3-8(5-9)6-19/h2-7H,1H3. The first-order valence-electron chi connectivity index (χ1n) is 5.75. The van der Waals surface area contributed by atoms with E-state index in [1.807, 2.05) is 0 Å². The van der Waals surface area contributed by atoms with E-state index < -0.39 is 0 Å². The fraction of sp³-hybridized carbons (Fsp3) is 0.0769. The molecule has 0 N–H and O–H groups in total. The number of ether oxygens (including phenoxy) is 1. The highest BCUT2D eigenvalue weighted by atomic mass is 79.9. The van der Waals surface area contributed by atoms with Crippen molar-refractivity contribution in [1.82, 2.24) is 19.7 Å². The van der Waals surface area contributed by atoms with E-state index in [0.717, 1.165) is 6.29 Å². The minimum atomic E-state index is 0.387. The highest BCUT2D eigenvalue weighted by Crippen LogP contribution is 2.31. The minimum Gasteiger partial charge on any atom is -0.438 e. The average molecular weight is 333 g/mol. The van der Waals surface area contributed by atoms with Crippen LogP contribution in [0.1, 0.15) is 10.4 Å². The third kappa shape index (κ3) is 2.16. The van der Waals surface area contributed by atoms with Crippen LogP contribution >= 0.6 is 15.9 Å². The van der Waals surface area contributed by atoms with E-state index in [0.29, 0.717) is 32.8 Å². The molecule has 3 aromatic rings. The number of carbonyl (C=O) groups is 1. The van der Waals surface area contributed by atoms with E-state index in [9.17, 15) is 4.79 Å². The molecule has 2 aromatic heterocycles. The van der Waals surface area contributed by atoms with Crippen molar-refractivity contribution >= 4 is 33.2 Å². The van der Waals surface area contributed by atoms with Crippen LogP contribution in [0.5, 0.6) is 11.6 Å². The zero-order valence-electron chi connectivity index (χ0n) is 10.4. The summed E-state index contributed by atoms with van der Waals surface area (Å²) in [6.45, 7) is 0. The molecule has 0 aliphatic rings. The number of benzene rings is 1. The summed E-state index contributed by atoms with van der Waals surface area (Å²) in [4.78, 5) is 19.1. The van der Waals surface area contributed by atoms with E-state index in [1.54, 1.807) is 36.0 Å². The van der Waals surface area contributed by atoms with Crippen LogP contribution in [0, 0.1) is 0 Å². The lowest BCUT2D eigenvalue weighted by molar-refractivity contribution is 0.112. The number of nitrogens with zero attached hydrogens (tertiary/aromatic N) is 4. The maximum Gasteiger partial charge on any atom is 0.234 e. The summed E-state index contributed by atoms with van der Waals surface area (Å²) in [5, 5.41) is 4.91. The van der Waals surface area contributed by atoms with Crippen molar-refractivity contribution < 1.29 is 9.53 Å². The number of hydrogen-bond donors (Lipinski definition) is 0. The second-order valence-electron chi connectivity index (χ2n) is 4.08. The molecule has 0 atom stereocenters. The molecule has 1 aromatic carbocycles. The summed E-state index contributed by atoms with van der Waals surface area (Å²) in [5.41, 5.74) is 1.20. The quantitative estimate of drug-likeness (QED) is 0.689. The van der Waals surface area contributed by atoms with E-state index in [4.69, 9.17) is 4.74 Å². The van der Waals surface area contributed by atoms with Crippen LogP contribution in [0.3, 0.4) is 0 Å². The van der Waals surface area contributed by atoms with Crippen LogP contribution in [0.2, 0.25) is 0 Å². The number of fused-ring (bicyclic) bond motifs is 1. The molecule has 0 amide bonds. The van der Waals surface area contributed by atoms with Crippen molar-refractivity contribution in [2.24, 2.45) is 7.05 Å². The number of aromatic nitrogens is 4. The summed E-state index contributed by atoms with van der Waals surface area (Å²) in [7, 11) is 1.79. The minimum absolute atomic E-state index is 0.387. The molecule has 2 heterocycles. The Morgan fingerprint density at radius 3 is 3.00 bits per heavy atom.